The molecule has 6 heteroatoms. The number of para-hydroxylation sites is 1. The van der Waals surface area contributed by atoms with Gasteiger partial charge in [0.1, 0.15) is 5.75 Å². The highest BCUT2D eigenvalue weighted by molar-refractivity contribution is 5.36. The van der Waals surface area contributed by atoms with E-state index in [-0.39, 0.29) is 11.8 Å². The summed E-state index contributed by atoms with van der Waals surface area (Å²) in [6.45, 7) is -0.133. The minimum Gasteiger partial charge on any atom is -0.434 e. The van der Waals surface area contributed by atoms with E-state index in [2.05, 4.69) is 15.2 Å². The van der Waals surface area contributed by atoms with E-state index in [0.717, 1.165) is 12.2 Å². The second-order valence-corrected chi connectivity index (χ2v) is 4.71. The quantitative estimate of drug-likeness (QED) is 0.853. The lowest BCUT2D eigenvalue weighted by atomic mass is 10.0. The number of benzene rings is 1. The first kappa shape index (κ1) is 15.4. The summed E-state index contributed by atoms with van der Waals surface area (Å²) in [5.74, 6) is 0.203. The average Bonchev–Trinajstić information content (AvgIpc) is 2.84. The molecule has 0 radical (unpaired) electrons. The fourth-order valence-electron chi connectivity index (χ4n) is 2.29. The van der Waals surface area contributed by atoms with Crippen LogP contribution in [0, 0.1) is 0 Å². The number of likely N-dealkylation sites (N-methyl/N-ethyl adjacent to an activating group) is 1. The molecule has 1 unspecified atom stereocenters. The van der Waals surface area contributed by atoms with Gasteiger partial charge in [0, 0.05) is 31.3 Å². The first-order valence-corrected chi connectivity index (χ1v) is 6.85. The van der Waals surface area contributed by atoms with Crippen molar-refractivity contribution in [2.24, 2.45) is 7.05 Å². The van der Waals surface area contributed by atoms with Crippen LogP contribution in [0.25, 0.3) is 0 Å². The van der Waals surface area contributed by atoms with Crippen molar-refractivity contribution in [2.75, 3.05) is 6.54 Å². The van der Waals surface area contributed by atoms with Crippen molar-refractivity contribution in [3.63, 3.8) is 0 Å². The summed E-state index contributed by atoms with van der Waals surface area (Å²) in [4.78, 5) is 0. The van der Waals surface area contributed by atoms with Crippen LogP contribution in [0.3, 0.4) is 0 Å². The van der Waals surface area contributed by atoms with Crippen LogP contribution in [0.5, 0.6) is 5.75 Å². The van der Waals surface area contributed by atoms with Crippen LogP contribution in [0.1, 0.15) is 24.2 Å². The largest absolute Gasteiger partial charge is 0.434 e. The molecule has 1 heterocycles. The minimum atomic E-state index is -2.83. The van der Waals surface area contributed by atoms with E-state index in [1.165, 1.54) is 0 Å². The predicted molar refractivity (Wildman–Crippen MR) is 76.4 cm³/mol. The summed E-state index contributed by atoms with van der Waals surface area (Å²) < 4.78 is 31.4. The summed E-state index contributed by atoms with van der Waals surface area (Å²) in [6, 6.07) is 8.65. The molecule has 0 aliphatic heterocycles. The number of aryl methyl sites for hydroxylation is 1. The number of nitrogens with one attached hydrogen (secondary N) is 1. The topological polar surface area (TPSA) is 39.1 Å². The lowest BCUT2D eigenvalue weighted by Crippen LogP contribution is -2.24. The Morgan fingerprint density at radius 2 is 2.05 bits per heavy atom. The molecule has 1 aromatic heterocycles. The summed E-state index contributed by atoms with van der Waals surface area (Å²) >= 11 is 0. The zero-order chi connectivity index (χ0) is 15.2. The van der Waals surface area contributed by atoms with Crippen LogP contribution < -0.4 is 10.1 Å². The molecule has 2 aromatic rings. The highest BCUT2D eigenvalue weighted by atomic mass is 19.3. The van der Waals surface area contributed by atoms with Crippen molar-refractivity contribution in [1.82, 2.24) is 15.1 Å². The van der Waals surface area contributed by atoms with Gasteiger partial charge in [-0.1, -0.05) is 25.1 Å². The first-order valence-electron chi connectivity index (χ1n) is 6.85. The third-order valence-electron chi connectivity index (χ3n) is 3.14. The third kappa shape index (κ3) is 4.26. The molecule has 0 aliphatic carbocycles. The van der Waals surface area contributed by atoms with Crippen molar-refractivity contribution >= 4 is 0 Å². The van der Waals surface area contributed by atoms with Gasteiger partial charge in [-0.15, -0.1) is 0 Å². The van der Waals surface area contributed by atoms with E-state index in [1.807, 2.05) is 32.3 Å². The molecule has 2 rings (SSSR count). The Morgan fingerprint density at radius 3 is 2.67 bits per heavy atom. The zero-order valence-electron chi connectivity index (χ0n) is 12.1. The number of hydrogen-bond acceptors (Lipinski definition) is 3. The zero-order valence-corrected chi connectivity index (χ0v) is 12.1. The van der Waals surface area contributed by atoms with Gasteiger partial charge in [0.15, 0.2) is 0 Å². The van der Waals surface area contributed by atoms with Crippen LogP contribution in [-0.4, -0.2) is 22.9 Å². The van der Waals surface area contributed by atoms with Gasteiger partial charge in [0.25, 0.3) is 0 Å². The van der Waals surface area contributed by atoms with E-state index in [9.17, 15) is 8.78 Å². The van der Waals surface area contributed by atoms with E-state index >= 15 is 0 Å². The Labute approximate surface area is 122 Å². The van der Waals surface area contributed by atoms with Gasteiger partial charge in [-0.2, -0.15) is 13.9 Å². The van der Waals surface area contributed by atoms with Gasteiger partial charge in [0.2, 0.25) is 0 Å². The fourth-order valence-corrected chi connectivity index (χ4v) is 2.29. The summed E-state index contributed by atoms with van der Waals surface area (Å²) in [5, 5.41) is 7.63. The normalized spacial score (nSPS) is 12.6. The maximum atomic E-state index is 12.5. The lowest BCUT2D eigenvalue weighted by Gasteiger charge is -2.20. The van der Waals surface area contributed by atoms with E-state index in [0.29, 0.717) is 12.0 Å². The number of nitrogens with zero attached hydrogens (tertiary/aromatic N) is 2. The molecule has 0 saturated carbocycles. The molecule has 1 N–H and O–H groups in total. The van der Waals surface area contributed by atoms with Crippen LogP contribution in [0.2, 0.25) is 0 Å². The SMILES string of the molecule is CCNC(Cc1ccn(C)n1)c1ccccc1OC(F)F. The van der Waals surface area contributed by atoms with Gasteiger partial charge in [-0.3, -0.25) is 4.68 Å². The maximum Gasteiger partial charge on any atom is 0.387 e. The molecule has 4 nitrogen and oxygen atoms in total. The standard InChI is InChI=1S/C15H19F2N3O/c1-3-18-13(10-11-8-9-20(2)19-11)12-6-4-5-7-14(12)21-15(16)17/h4-9,13,15,18H,3,10H2,1-2H3. The van der Waals surface area contributed by atoms with Crippen LogP contribution in [-0.2, 0) is 13.5 Å². The molecule has 0 spiro atoms. The second kappa shape index (κ2) is 7.17. The van der Waals surface area contributed by atoms with E-state index < -0.39 is 6.61 Å². The Hall–Kier alpha value is -1.95. The Bertz CT molecular complexity index is 572. The van der Waals surface area contributed by atoms with Gasteiger partial charge in [-0.25, -0.2) is 0 Å². The van der Waals surface area contributed by atoms with E-state index in [4.69, 9.17) is 0 Å². The van der Waals surface area contributed by atoms with Crippen LogP contribution in [0.4, 0.5) is 8.78 Å². The number of rotatable bonds is 7. The summed E-state index contributed by atoms with van der Waals surface area (Å²) in [5.41, 5.74) is 1.61. The van der Waals surface area contributed by atoms with Gasteiger partial charge in [-0.05, 0) is 18.7 Å². The van der Waals surface area contributed by atoms with Crippen LogP contribution >= 0.6 is 0 Å². The fraction of sp³-hybridized carbons (Fsp3) is 0.400. The van der Waals surface area contributed by atoms with Crippen molar-refractivity contribution in [3.05, 3.63) is 47.8 Å². The first-order chi connectivity index (χ1) is 10.1. The average molecular weight is 295 g/mol. The molecule has 1 atom stereocenters. The monoisotopic (exact) mass is 295 g/mol. The molecular formula is C15H19F2N3O. The number of alkyl halides is 2. The minimum absolute atomic E-state index is 0.125. The molecule has 0 amide bonds. The molecule has 0 aliphatic rings. The molecule has 114 valence electrons. The smallest absolute Gasteiger partial charge is 0.387 e. The highest BCUT2D eigenvalue weighted by Crippen LogP contribution is 2.28. The van der Waals surface area contributed by atoms with Crippen molar-refractivity contribution < 1.29 is 13.5 Å². The summed E-state index contributed by atoms with van der Waals surface area (Å²) in [6.07, 6.45) is 2.47. The lowest BCUT2D eigenvalue weighted by molar-refractivity contribution is -0.0507. The molecular weight excluding hydrogens is 276 g/mol. The number of hydrogen-bond donors (Lipinski definition) is 1. The summed E-state index contributed by atoms with van der Waals surface area (Å²) in [7, 11) is 1.85. The molecule has 0 bridgehead atoms. The molecule has 0 saturated heterocycles. The molecule has 1 aromatic carbocycles. The predicted octanol–water partition coefficient (Wildman–Crippen LogP) is 2.91. The maximum absolute atomic E-state index is 12.5. The Balaban J connectivity index is 2.24. The van der Waals surface area contributed by atoms with Crippen molar-refractivity contribution in [2.45, 2.75) is 26.0 Å². The number of aromatic nitrogens is 2. The molecule has 0 fully saturated rings. The third-order valence-corrected chi connectivity index (χ3v) is 3.14. The number of halogens is 2. The second-order valence-electron chi connectivity index (χ2n) is 4.71. The van der Waals surface area contributed by atoms with Gasteiger partial charge in [0.05, 0.1) is 5.69 Å². The van der Waals surface area contributed by atoms with Crippen molar-refractivity contribution in [3.8, 4) is 5.75 Å². The van der Waals surface area contributed by atoms with Gasteiger partial charge < -0.3 is 10.1 Å². The Kier molecular flexibility index (Phi) is 5.27. The highest BCUT2D eigenvalue weighted by Gasteiger charge is 2.18. The van der Waals surface area contributed by atoms with E-state index in [1.54, 1.807) is 22.9 Å². The number of ether oxygens (including phenoxy) is 1. The van der Waals surface area contributed by atoms with Gasteiger partial charge >= 0.3 is 6.61 Å². The molecule has 21 heavy (non-hydrogen) atoms. The van der Waals surface area contributed by atoms with Crippen molar-refractivity contribution in [1.29, 1.82) is 0 Å². The Morgan fingerprint density at radius 1 is 1.29 bits per heavy atom. The van der Waals surface area contributed by atoms with Crippen LogP contribution in [0.15, 0.2) is 36.5 Å².